The molecule has 0 aromatic heterocycles. The van der Waals surface area contributed by atoms with Crippen molar-refractivity contribution in [1.29, 1.82) is 0 Å². The third-order valence-corrected chi connectivity index (χ3v) is 8.53. The third-order valence-electron chi connectivity index (χ3n) is 8.53. The van der Waals surface area contributed by atoms with E-state index in [0.717, 1.165) is 29.4 Å². The minimum absolute atomic E-state index is 0.531. The van der Waals surface area contributed by atoms with Gasteiger partial charge in [0.15, 0.2) is 0 Å². The Labute approximate surface area is 165 Å². The van der Waals surface area contributed by atoms with Crippen LogP contribution in [0.1, 0.15) is 83.3 Å². The highest BCUT2D eigenvalue weighted by Gasteiger charge is 2.53. The van der Waals surface area contributed by atoms with Crippen LogP contribution in [0.5, 0.6) is 5.75 Å². The van der Waals surface area contributed by atoms with E-state index in [1.54, 1.807) is 5.56 Å². The van der Waals surface area contributed by atoms with Crippen LogP contribution in [0.25, 0.3) is 0 Å². The van der Waals surface area contributed by atoms with Gasteiger partial charge in [-0.05, 0) is 105 Å². The monoisotopic (exact) mass is 367 g/mol. The van der Waals surface area contributed by atoms with Crippen LogP contribution < -0.4 is 10.5 Å². The summed E-state index contributed by atoms with van der Waals surface area (Å²) in [5.74, 6) is 4.46. The molecule has 0 heterocycles. The third kappa shape index (κ3) is 3.00. The van der Waals surface area contributed by atoms with Crippen molar-refractivity contribution in [3.8, 4) is 5.75 Å². The Kier molecular flexibility index (Phi) is 4.60. The molecule has 2 heteroatoms. The lowest BCUT2D eigenvalue weighted by Gasteiger charge is -2.51. The van der Waals surface area contributed by atoms with Gasteiger partial charge in [0, 0.05) is 5.70 Å². The standard InChI is InChI=1S/C25H37NO/c1-6-18-8-12-23-22-10-7-17-15-19(27-24(3,4)16(2)26)9-11-20(17)21(22)13-14-25(18,23)5/h9,11,15,18,21-23H,2,6-8,10,12-14,26H2,1,3-5H3/t18?,21?,22?,23?,25-/m1/s1. The SMILES string of the molecule is C=C(N)C(C)(C)Oc1ccc2c(c1)CCC1C2CC[C@]2(C)C(CC)CCC12. The van der Waals surface area contributed by atoms with Gasteiger partial charge in [0.2, 0.25) is 0 Å². The molecule has 0 saturated heterocycles. The molecule has 2 saturated carbocycles. The van der Waals surface area contributed by atoms with E-state index in [4.69, 9.17) is 10.5 Å². The molecule has 0 bridgehead atoms. The lowest BCUT2D eigenvalue weighted by atomic mass is 9.54. The van der Waals surface area contributed by atoms with E-state index in [9.17, 15) is 0 Å². The van der Waals surface area contributed by atoms with Crippen molar-refractivity contribution in [2.75, 3.05) is 0 Å². The summed E-state index contributed by atoms with van der Waals surface area (Å²) < 4.78 is 6.15. The molecule has 2 fully saturated rings. The molecule has 0 spiro atoms. The minimum atomic E-state index is -0.531. The van der Waals surface area contributed by atoms with Gasteiger partial charge in [-0.25, -0.2) is 0 Å². The van der Waals surface area contributed by atoms with Crippen LogP contribution in [0.4, 0.5) is 0 Å². The normalized spacial score (nSPS) is 35.1. The Hall–Kier alpha value is -1.44. The van der Waals surface area contributed by atoms with E-state index >= 15 is 0 Å². The number of benzene rings is 1. The van der Waals surface area contributed by atoms with Gasteiger partial charge in [0.25, 0.3) is 0 Å². The van der Waals surface area contributed by atoms with E-state index in [0.29, 0.717) is 11.1 Å². The average Bonchev–Trinajstić information content (AvgIpc) is 2.97. The number of nitrogens with two attached hydrogens (primary N) is 1. The second-order valence-corrected chi connectivity index (χ2v) is 10.1. The largest absolute Gasteiger partial charge is 0.482 e. The molecule has 1 aromatic rings. The molecule has 2 N–H and O–H groups in total. The summed E-state index contributed by atoms with van der Waals surface area (Å²) in [5, 5.41) is 0. The molecule has 3 aliphatic rings. The minimum Gasteiger partial charge on any atom is -0.482 e. The van der Waals surface area contributed by atoms with Crippen molar-refractivity contribution in [1.82, 2.24) is 0 Å². The maximum absolute atomic E-state index is 6.15. The number of hydrogen-bond donors (Lipinski definition) is 1. The number of rotatable bonds is 4. The van der Waals surface area contributed by atoms with Gasteiger partial charge in [0.1, 0.15) is 11.4 Å². The maximum atomic E-state index is 6.15. The summed E-state index contributed by atoms with van der Waals surface area (Å²) in [6.07, 6.45) is 9.61. The van der Waals surface area contributed by atoms with Gasteiger partial charge in [-0.1, -0.05) is 32.9 Å². The number of fused-ring (bicyclic) bond motifs is 5. The van der Waals surface area contributed by atoms with E-state index in [1.807, 2.05) is 13.8 Å². The Morgan fingerprint density at radius 3 is 2.74 bits per heavy atom. The average molecular weight is 368 g/mol. The smallest absolute Gasteiger partial charge is 0.142 e. The highest BCUT2D eigenvalue weighted by Crippen LogP contribution is 2.63. The van der Waals surface area contributed by atoms with Crippen LogP contribution in [0.2, 0.25) is 0 Å². The van der Waals surface area contributed by atoms with Gasteiger partial charge in [-0.3, -0.25) is 0 Å². The molecule has 1 aromatic carbocycles. The van der Waals surface area contributed by atoms with Gasteiger partial charge >= 0.3 is 0 Å². The fraction of sp³-hybridized carbons (Fsp3) is 0.680. The van der Waals surface area contributed by atoms with Crippen LogP contribution in [0, 0.1) is 23.2 Å². The first-order valence-electron chi connectivity index (χ1n) is 11.0. The predicted octanol–water partition coefficient (Wildman–Crippen LogP) is 6.20. The van der Waals surface area contributed by atoms with Gasteiger partial charge in [0.05, 0.1) is 0 Å². The molecule has 5 atom stereocenters. The van der Waals surface area contributed by atoms with Gasteiger partial charge < -0.3 is 10.5 Å². The van der Waals surface area contributed by atoms with Crippen molar-refractivity contribution in [2.24, 2.45) is 28.9 Å². The maximum Gasteiger partial charge on any atom is 0.142 e. The van der Waals surface area contributed by atoms with Gasteiger partial charge in [-0.2, -0.15) is 0 Å². The van der Waals surface area contributed by atoms with Gasteiger partial charge in [-0.15, -0.1) is 0 Å². The van der Waals surface area contributed by atoms with E-state index in [-0.39, 0.29) is 0 Å². The summed E-state index contributed by atoms with van der Waals surface area (Å²) in [5.41, 5.74) is 9.65. The quantitative estimate of drug-likeness (QED) is 0.687. The molecule has 4 rings (SSSR count). The molecule has 148 valence electrons. The first-order valence-corrected chi connectivity index (χ1v) is 11.0. The highest BCUT2D eigenvalue weighted by atomic mass is 16.5. The van der Waals surface area contributed by atoms with E-state index in [1.165, 1.54) is 50.5 Å². The Bertz CT molecular complexity index is 736. The van der Waals surface area contributed by atoms with Crippen LogP contribution >= 0.6 is 0 Å². The molecule has 27 heavy (non-hydrogen) atoms. The molecule has 0 aliphatic heterocycles. The molecule has 0 radical (unpaired) electrons. The Balaban J connectivity index is 1.58. The Morgan fingerprint density at radius 2 is 2.04 bits per heavy atom. The molecule has 0 amide bonds. The van der Waals surface area contributed by atoms with Crippen LogP contribution in [-0.2, 0) is 6.42 Å². The summed E-state index contributed by atoms with van der Waals surface area (Å²) in [7, 11) is 0. The lowest BCUT2D eigenvalue weighted by molar-refractivity contribution is 0.0273. The summed E-state index contributed by atoms with van der Waals surface area (Å²) in [6, 6.07) is 6.78. The van der Waals surface area contributed by atoms with Crippen molar-refractivity contribution in [3.05, 3.63) is 41.6 Å². The lowest BCUT2D eigenvalue weighted by Crippen LogP contribution is -2.42. The predicted molar refractivity (Wildman–Crippen MR) is 113 cm³/mol. The summed E-state index contributed by atoms with van der Waals surface area (Å²) in [4.78, 5) is 0. The van der Waals surface area contributed by atoms with Crippen LogP contribution in [0.3, 0.4) is 0 Å². The molecule has 4 unspecified atom stereocenters. The molecule has 2 nitrogen and oxygen atoms in total. The molecular formula is C25H37NO. The zero-order chi connectivity index (χ0) is 19.4. The topological polar surface area (TPSA) is 35.2 Å². The van der Waals surface area contributed by atoms with Crippen molar-refractivity contribution in [2.45, 2.75) is 84.2 Å². The first kappa shape index (κ1) is 18.9. The molecular weight excluding hydrogens is 330 g/mol. The Morgan fingerprint density at radius 1 is 1.26 bits per heavy atom. The van der Waals surface area contributed by atoms with E-state index < -0.39 is 5.60 Å². The van der Waals surface area contributed by atoms with Crippen LogP contribution in [0.15, 0.2) is 30.5 Å². The summed E-state index contributed by atoms with van der Waals surface area (Å²) in [6.45, 7) is 12.9. The number of hydrogen-bond acceptors (Lipinski definition) is 2. The second-order valence-electron chi connectivity index (χ2n) is 10.1. The first-order chi connectivity index (χ1) is 12.8. The zero-order valence-electron chi connectivity index (χ0n) is 17.7. The van der Waals surface area contributed by atoms with Crippen molar-refractivity contribution in [3.63, 3.8) is 0 Å². The van der Waals surface area contributed by atoms with E-state index in [2.05, 4.69) is 38.6 Å². The van der Waals surface area contributed by atoms with Crippen molar-refractivity contribution < 1.29 is 4.74 Å². The fourth-order valence-corrected chi connectivity index (χ4v) is 6.76. The fourth-order valence-electron chi connectivity index (χ4n) is 6.76. The molecule has 3 aliphatic carbocycles. The number of ether oxygens (including phenoxy) is 1. The highest BCUT2D eigenvalue weighted by molar-refractivity contribution is 5.41. The number of aryl methyl sites for hydroxylation is 1. The second kappa shape index (κ2) is 6.57. The van der Waals surface area contributed by atoms with Crippen LogP contribution in [-0.4, -0.2) is 5.60 Å². The summed E-state index contributed by atoms with van der Waals surface area (Å²) >= 11 is 0. The zero-order valence-corrected chi connectivity index (χ0v) is 17.7. The van der Waals surface area contributed by atoms with Crippen molar-refractivity contribution >= 4 is 0 Å².